The minimum atomic E-state index is -0.125. The van der Waals surface area contributed by atoms with E-state index in [1.807, 2.05) is 0 Å². The van der Waals surface area contributed by atoms with E-state index in [1.54, 1.807) is 24.0 Å². The van der Waals surface area contributed by atoms with E-state index in [0.29, 0.717) is 24.7 Å². The average molecular weight is 210 g/mol. The van der Waals surface area contributed by atoms with Crippen LogP contribution in [0.3, 0.4) is 0 Å². The van der Waals surface area contributed by atoms with Crippen LogP contribution < -0.4 is 11.1 Å². The zero-order valence-corrected chi connectivity index (χ0v) is 9.23. The molecule has 0 saturated carbocycles. The molecule has 0 bridgehead atoms. The van der Waals surface area contributed by atoms with Crippen LogP contribution in [-0.4, -0.2) is 28.8 Å². The van der Waals surface area contributed by atoms with Gasteiger partial charge in [-0.3, -0.25) is 9.48 Å². The van der Waals surface area contributed by atoms with E-state index in [0.717, 1.165) is 6.42 Å². The highest BCUT2D eigenvalue weighted by atomic mass is 16.1. The van der Waals surface area contributed by atoms with Crippen LogP contribution in [0, 0.1) is 5.92 Å². The van der Waals surface area contributed by atoms with Crippen LogP contribution in [0.4, 0.5) is 0 Å². The van der Waals surface area contributed by atoms with E-state index in [4.69, 9.17) is 5.73 Å². The van der Waals surface area contributed by atoms with E-state index in [-0.39, 0.29) is 5.91 Å². The van der Waals surface area contributed by atoms with Crippen LogP contribution in [0.5, 0.6) is 0 Å². The molecule has 3 N–H and O–H groups in total. The van der Waals surface area contributed by atoms with Crippen molar-refractivity contribution in [1.82, 2.24) is 15.1 Å². The number of hydrogen-bond donors (Lipinski definition) is 2. The quantitative estimate of drug-likeness (QED) is 0.725. The Labute approximate surface area is 89.6 Å². The Hall–Kier alpha value is -1.36. The molecular weight excluding hydrogens is 192 g/mol. The predicted octanol–water partition coefficient (Wildman–Crippen LogP) is 0.135. The molecule has 1 atom stereocenters. The standard InChI is InChI=1S/C10H18N4O/c1-8(3-5-11)7-12-10(15)9-4-6-14(2)13-9/h4,6,8H,3,5,7,11H2,1-2H3,(H,12,15). The maximum Gasteiger partial charge on any atom is 0.271 e. The zero-order valence-electron chi connectivity index (χ0n) is 9.23. The molecule has 5 nitrogen and oxygen atoms in total. The first-order valence-electron chi connectivity index (χ1n) is 5.11. The van der Waals surface area contributed by atoms with Gasteiger partial charge in [0.15, 0.2) is 0 Å². The van der Waals surface area contributed by atoms with Gasteiger partial charge in [0, 0.05) is 19.8 Å². The molecule has 15 heavy (non-hydrogen) atoms. The molecule has 0 aliphatic carbocycles. The van der Waals surface area contributed by atoms with E-state index < -0.39 is 0 Å². The predicted molar refractivity (Wildman–Crippen MR) is 58.4 cm³/mol. The summed E-state index contributed by atoms with van der Waals surface area (Å²) in [6.07, 6.45) is 2.67. The maximum atomic E-state index is 11.5. The van der Waals surface area contributed by atoms with E-state index in [1.165, 1.54) is 0 Å². The first kappa shape index (κ1) is 11.7. The normalized spacial score (nSPS) is 12.5. The Morgan fingerprint density at radius 2 is 2.47 bits per heavy atom. The zero-order chi connectivity index (χ0) is 11.3. The smallest absolute Gasteiger partial charge is 0.271 e. The van der Waals surface area contributed by atoms with Gasteiger partial charge in [-0.05, 0) is 24.9 Å². The van der Waals surface area contributed by atoms with Crippen molar-refractivity contribution in [3.8, 4) is 0 Å². The molecule has 1 aromatic heterocycles. The number of carbonyl (C=O) groups is 1. The van der Waals surface area contributed by atoms with Gasteiger partial charge < -0.3 is 11.1 Å². The Kier molecular flexibility index (Phi) is 4.30. The molecular formula is C10H18N4O. The van der Waals surface area contributed by atoms with E-state index in [9.17, 15) is 4.79 Å². The van der Waals surface area contributed by atoms with Crippen molar-refractivity contribution >= 4 is 5.91 Å². The van der Waals surface area contributed by atoms with Gasteiger partial charge in [0.1, 0.15) is 5.69 Å². The van der Waals surface area contributed by atoms with Crippen LogP contribution >= 0.6 is 0 Å². The minimum Gasteiger partial charge on any atom is -0.350 e. The molecule has 0 fully saturated rings. The molecule has 84 valence electrons. The third-order valence-electron chi connectivity index (χ3n) is 2.22. The lowest BCUT2D eigenvalue weighted by Crippen LogP contribution is -2.29. The van der Waals surface area contributed by atoms with Crippen LogP contribution in [0.2, 0.25) is 0 Å². The largest absolute Gasteiger partial charge is 0.350 e. The molecule has 0 aliphatic heterocycles. The number of nitrogens with two attached hydrogens (primary N) is 1. The van der Waals surface area contributed by atoms with Crippen LogP contribution in [0.25, 0.3) is 0 Å². The Morgan fingerprint density at radius 3 is 3.00 bits per heavy atom. The maximum absolute atomic E-state index is 11.5. The molecule has 0 spiro atoms. The summed E-state index contributed by atoms with van der Waals surface area (Å²) < 4.78 is 1.61. The number of nitrogens with one attached hydrogen (secondary N) is 1. The van der Waals surface area contributed by atoms with E-state index >= 15 is 0 Å². The molecule has 1 aromatic rings. The molecule has 0 radical (unpaired) electrons. The lowest BCUT2D eigenvalue weighted by Gasteiger charge is -2.10. The number of hydrogen-bond acceptors (Lipinski definition) is 3. The summed E-state index contributed by atoms with van der Waals surface area (Å²) in [4.78, 5) is 11.5. The van der Waals surface area contributed by atoms with Gasteiger partial charge in [-0.25, -0.2) is 0 Å². The molecule has 0 aromatic carbocycles. The summed E-state index contributed by atoms with van der Waals surface area (Å²) in [5.41, 5.74) is 5.88. The first-order valence-corrected chi connectivity index (χ1v) is 5.11. The second kappa shape index (κ2) is 5.50. The second-order valence-electron chi connectivity index (χ2n) is 3.77. The number of amides is 1. The third kappa shape index (κ3) is 3.71. The number of carbonyl (C=O) groups excluding carboxylic acids is 1. The molecule has 0 aliphatic rings. The highest BCUT2D eigenvalue weighted by Crippen LogP contribution is 1.99. The summed E-state index contributed by atoms with van der Waals surface area (Å²) in [7, 11) is 1.79. The number of rotatable bonds is 5. The summed E-state index contributed by atoms with van der Waals surface area (Å²) in [6.45, 7) is 3.36. The van der Waals surface area contributed by atoms with Crippen molar-refractivity contribution in [3.05, 3.63) is 18.0 Å². The van der Waals surface area contributed by atoms with Crippen LogP contribution in [-0.2, 0) is 7.05 Å². The lowest BCUT2D eigenvalue weighted by molar-refractivity contribution is 0.0942. The van der Waals surface area contributed by atoms with Gasteiger partial charge >= 0.3 is 0 Å². The van der Waals surface area contributed by atoms with Crippen molar-refractivity contribution in [2.24, 2.45) is 18.7 Å². The molecule has 0 saturated heterocycles. The highest BCUT2D eigenvalue weighted by Gasteiger charge is 2.09. The average Bonchev–Trinajstić information content (AvgIpc) is 2.62. The van der Waals surface area contributed by atoms with Gasteiger partial charge in [0.25, 0.3) is 5.91 Å². The highest BCUT2D eigenvalue weighted by molar-refractivity contribution is 5.92. The second-order valence-corrected chi connectivity index (χ2v) is 3.77. The fourth-order valence-corrected chi connectivity index (χ4v) is 1.28. The topological polar surface area (TPSA) is 72.9 Å². The first-order chi connectivity index (χ1) is 7.13. The number of nitrogens with zero attached hydrogens (tertiary/aromatic N) is 2. The van der Waals surface area contributed by atoms with E-state index in [2.05, 4.69) is 17.3 Å². The van der Waals surface area contributed by atoms with Crippen molar-refractivity contribution in [3.63, 3.8) is 0 Å². The van der Waals surface area contributed by atoms with Crippen LogP contribution in [0.15, 0.2) is 12.3 Å². The van der Waals surface area contributed by atoms with Crippen LogP contribution in [0.1, 0.15) is 23.8 Å². The summed E-state index contributed by atoms with van der Waals surface area (Å²) >= 11 is 0. The van der Waals surface area contributed by atoms with Crippen molar-refractivity contribution < 1.29 is 4.79 Å². The van der Waals surface area contributed by atoms with Crippen molar-refractivity contribution in [2.45, 2.75) is 13.3 Å². The summed E-state index contributed by atoms with van der Waals surface area (Å²) in [5, 5.41) is 6.84. The molecule has 1 unspecified atom stereocenters. The number of aryl methyl sites for hydroxylation is 1. The Bertz CT molecular complexity index is 321. The van der Waals surface area contributed by atoms with Gasteiger partial charge in [-0.1, -0.05) is 6.92 Å². The molecule has 1 amide bonds. The third-order valence-corrected chi connectivity index (χ3v) is 2.22. The van der Waals surface area contributed by atoms with Gasteiger partial charge in [0.2, 0.25) is 0 Å². The monoisotopic (exact) mass is 210 g/mol. The van der Waals surface area contributed by atoms with Crippen molar-refractivity contribution in [2.75, 3.05) is 13.1 Å². The molecule has 1 heterocycles. The lowest BCUT2D eigenvalue weighted by atomic mass is 10.1. The Morgan fingerprint density at radius 1 is 1.73 bits per heavy atom. The summed E-state index contributed by atoms with van der Waals surface area (Å²) in [5.74, 6) is 0.280. The number of aromatic nitrogens is 2. The van der Waals surface area contributed by atoms with Gasteiger partial charge in [-0.15, -0.1) is 0 Å². The fourth-order valence-electron chi connectivity index (χ4n) is 1.28. The Balaban J connectivity index is 2.36. The SMILES string of the molecule is CC(CCN)CNC(=O)c1ccn(C)n1. The molecule has 5 heteroatoms. The summed E-state index contributed by atoms with van der Waals surface area (Å²) in [6, 6.07) is 1.70. The van der Waals surface area contributed by atoms with Gasteiger partial charge in [-0.2, -0.15) is 5.10 Å². The fraction of sp³-hybridized carbons (Fsp3) is 0.600. The molecule has 1 rings (SSSR count). The van der Waals surface area contributed by atoms with Gasteiger partial charge in [0.05, 0.1) is 0 Å². The minimum absolute atomic E-state index is 0.125. The van der Waals surface area contributed by atoms with Crippen molar-refractivity contribution in [1.29, 1.82) is 0 Å².